The van der Waals surface area contributed by atoms with E-state index in [4.69, 9.17) is 28.4 Å². The molecule has 6 nitrogen and oxygen atoms in total. The fraction of sp³-hybridized carbons (Fsp3) is 0.419. The van der Waals surface area contributed by atoms with Gasteiger partial charge in [-0.15, -0.1) is 0 Å². The van der Waals surface area contributed by atoms with E-state index in [1.165, 1.54) is 0 Å². The van der Waals surface area contributed by atoms with Gasteiger partial charge in [0.2, 0.25) is 0 Å². The van der Waals surface area contributed by atoms with Crippen LogP contribution in [0.1, 0.15) is 33.4 Å². The van der Waals surface area contributed by atoms with Crippen LogP contribution in [0.2, 0.25) is 0 Å². The van der Waals surface area contributed by atoms with Crippen LogP contribution in [-0.2, 0) is 27.1 Å². The van der Waals surface area contributed by atoms with E-state index in [1.807, 2.05) is 0 Å². The van der Waals surface area contributed by atoms with Gasteiger partial charge in [0.1, 0.15) is 55.4 Å². The van der Waals surface area contributed by atoms with E-state index in [0.717, 1.165) is 70.4 Å². The molecular formula is C31H34O6. The minimum absolute atomic E-state index is 0.175. The summed E-state index contributed by atoms with van der Waals surface area (Å²) >= 11 is 0. The first-order valence-electron chi connectivity index (χ1n) is 13.1. The van der Waals surface area contributed by atoms with Gasteiger partial charge in [-0.05, 0) is 47.2 Å². The summed E-state index contributed by atoms with van der Waals surface area (Å²) in [5.74, 6) is 2.81. The molecule has 0 N–H and O–H groups in total. The molecule has 6 heteroatoms. The summed E-state index contributed by atoms with van der Waals surface area (Å²) in [5, 5.41) is 0. The fourth-order valence-electron chi connectivity index (χ4n) is 4.65. The van der Waals surface area contributed by atoms with Gasteiger partial charge in [-0.1, -0.05) is 54.6 Å². The quantitative estimate of drug-likeness (QED) is 0.312. The second kappa shape index (κ2) is 10.7. The lowest BCUT2D eigenvalue weighted by molar-refractivity contribution is 0.256. The standard InChI is InChI=1S/C31H34O6/c1-20-6-3-8-22(29(20)35-17-26-14-32-26)12-24-10-5-11-25(31(24)37-19-28-16-34-28)13-23-9-4-7-21(2)30(23)36-18-27-15-33-27/h3-11,26-28H,12-19H2,1-2H3. The first kappa shape index (κ1) is 24.3. The second-order valence-electron chi connectivity index (χ2n) is 10.2. The van der Waals surface area contributed by atoms with E-state index < -0.39 is 0 Å². The van der Waals surface area contributed by atoms with Crippen molar-refractivity contribution in [2.75, 3.05) is 39.6 Å². The van der Waals surface area contributed by atoms with Crippen LogP contribution in [0.15, 0.2) is 54.6 Å². The van der Waals surface area contributed by atoms with Crippen LogP contribution >= 0.6 is 0 Å². The van der Waals surface area contributed by atoms with Crippen molar-refractivity contribution in [1.29, 1.82) is 0 Å². The normalized spacial score (nSPS) is 21.4. The van der Waals surface area contributed by atoms with Gasteiger partial charge in [-0.25, -0.2) is 0 Å². The van der Waals surface area contributed by atoms with E-state index in [0.29, 0.717) is 32.7 Å². The summed E-state index contributed by atoms with van der Waals surface area (Å²) in [6, 6.07) is 19.1. The predicted molar refractivity (Wildman–Crippen MR) is 140 cm³/mol. The highest BCUT2D eigenvalue weighted by atomic mass is 16.6. The van der Waals surface area contributed by atoms with Gasteiger partial charge in [0, 0.05) is 12.8 Å². The Kier molecular flexibility index (Phi) is 7.05. The summed E-state index contributed by atoms with van der Waals surface area (Å²) in [6.07, 6.45) is 2.03. The molecule has 3 aliphatic heterocycles. The van der Waals surface area contributed by atoms with Crippen molar-refractivity contribution in [1.82, 2.24) is 0 Å². The first-order chi connectivity index (χ1) is 18.1. The zero-order valence-electron chi connectivity index (χ0n) is 21.5. The molecule has 3 aromatic rings. The molecule has 3 atom stereocenters. The van der Waals surface area contributed by atoms with Gasteiger partial charge >= 0.3 is 0 Å². The summed E-state index contributed by atoms with van der Waals surface area (Å²) in [6.45, 7) is 8.23. The zero-order valence-corrected chi connectivity index (χ0v) is 21.5. The number of para-hydroxylation sites is 3. The molecule has 3 saturated heterocycles. The Labute approximate surface area is 218 Å². The maximum Gasteiger partial charge on any atom is 0.126 e. The summed E-state index contributed by atoms with van der Waals surface area (Å²) in [5.41, 5.74) is 6.83. The molecule has 0 aromatic heterocycles. The van der Waals surface area contributed by atoms with Crippen LogP contribution in [0.25, 0.3) is 0 Å². The fourth-order valence-corrected chi connectivity index (χ4v) is 4.65. The SMILES string of the molecule is Cc1cccc(Cc2cccc(Cc3cccc(C)c3OCC3CO3)c2OCC2CO2)c1OCC1CO1. The number of hydrogen-bond donors (Lipinski definition) is 0. The number of epoxide rings is 3. The molecule has 194 valence electrons. The monoisotopic (exact) mass is 502 g/mol. The van der Waals surface area contributed by atoms with Crippen molar-refractivity contribution in [3.63, 3.8) is 0 Å². The van der Waals surface area contributed by atoms with E-state index >= 15 is 0 Å². The number of ether oxygens (including phenoxy) is 6. The number of aryl methyl sites for hydroxylation is 2. The van der Waals surface area contributed by atoms with E-state index in [-0.39, 0.29) is 18.3 Å². The van der Waals surface area contributed by atoms with Crippen molar-refractivity contribution in [2.24, 2.45) is 0 Å². The molecule has 0 saturated carbocycles. The molecule has 3 heterocycles. The molecule has 0 amide bonds. The Balaban J connectivity index is 1.29. The molecule has 0 bridgehead atoms. The Morgan fingerprint density at radius 2 is 0.865 bits per heavy atom. The molecule has 3 aromatic carbocycles. The molecule has 0 aliphatic carbocycles. The van der Waals surface area contributed by atoms with E-state index in [1.54, 1.807) is 0 Å². The van der Waals surface area contributed by atoms with Gasteiger partial charge in [0.15, 0.2) is 0 Å². The largest absolute Gasteiger partial charge is 0.490 e. The maximum absolute atomic E-state index is 6.45. The molecule has 3 unspecified atom stereocenters. The molecule has 3 fully saturated rings. The number of rotatable bonds is 13. The van der Waals surface area contributed by atoms with Crippen molar-refractivity contribution in [3.05, 3.63) is 88.0 Å². The smallest absolute Gasteiger partial charge is 0.126 e. The first-order valence-corrected chi connectivity index (χ1v) is 13.1. The highest BCUT2D eigenvalue weighted by molar-refractivity contribution is 5.52. The lowest BCUT2D eigenvalue weighted by Crippen LogP contribution is -2.11. The van der Waals surface area contributed by atoms with Crippen molar-refractivity contribution in [3.8, 4) is 17.2 Å². The predicted octanol–water partition coefficient (Wildman–Crippen LogP) is 4.82. The maximum atomic E-state index is 6.45. The zero-order chi connectivity index (χ0) is 25.2. The van der Waals surface area contributed by atoms with Crippen LogP contribution in [-0.4, -0.2) is 58.0 Å². The second-order valence-corrected chi connectivity index (χ2v) is 10.2. The summed E-state index contributed by atoms with van der Waals surface area (Å²) in [4.78, 5) is 0. The Morgan fingerprint density at radius 1 is 0.541 bits per heavy atom. The average Bonchev–Trinajstić information content (AvgIpc) is 3.74. The Morgan fingerprint density at radius 3 is 1.24 bits per heavy atom. The Hall–Kier alpha value is -3.06. The van der Waals surface area contributed by atoms with Crippen molar-refractivity contribution >= 4 is 0 Å². The average molecular weight is 503 g/mol. The molecular weight excluding hydrogens is 468 g/mol. The molecule has 3 aliphatic rings. The lowest BCUT2D eigenvalue weighted by Gasteiger charge is -2.19. The van der Waals surface area contributed by atoms with Crippen LogP contribution in [0.4, 0.5) is 0 Å². The summed E-state index contributed by atoms with van der Waals surface area (Å²) in [7, 11) is 0. The Bertz CT molecular complexity index is 1160. The molecule has 0 radical (unpaired) electrons. The van der Waals surface area contributed by atoms with Crippen LogP contribution in [0.3, 0.4) is 0 Å². The molecule has 37 heavy (non-hydrogen) atoms. The van der Waals surface area contributed by atoms with Crippen molar-refractivity contribution in [2.45, 2.75) is 45.0 Å². The molecule has 0 spiro atoms. The highest BCUT2D eigenvalue weighted by Crippen LogP contribution is 2.35. The summed E-state index contributed by atoms with van der Waals surface area (Å²) < 4.78 is 35.0. The van der Waals surface area contributed by atoms with Crippen LogP contribution in [0.5, 0.6) is 17.2 Å². The van der Waals surface area contributed by atoms with Crippen molar-refractivity contribution < 1.29 is 28.4 Å². The topological polar surface area (TPSA) is 65.3 Å². The highest BCUT2D eigenvalue weighted by Gasteiger charge is 2.27. The minimum atomic E-state index is 0.175. The van der Waals surface area contributed by atoms with E-state index in [2.05, 4.69) is 68.4 Å². The van der Waals surface area contributed by atoms with Gasteiger partial charge in [0.05, 0.1) is 19.8 Å². The third-order valence-corrected chi connectivity index (χ3v) is 6.97. The minimum Gasteiger partial charge on any atom is -0.490 e. The van der Waals surface area contributed by atoms with Gasteiger partial charge < -0.3 is 28.4 Å². The number of hydrogen-bond acceptors (Lipinski definition) is 6. The van der Waals surface area contributed by atoms with Gasteiger partial charge in [-0.3, -0.25) is 0 Å². The van der Waals surface area contributed by atoms with Gasteiger partial charge in [0.25, 0.3) is 0 Å². The van der Waals surface area contributed by atoms with E-state index in [9.17, 15) is 0 Å². The molecule has 6 rings (SSSR count). The third-order valence-electron chi connectivity index (χ3n) is 6.97. The lowest BCUT2D eigenvalue weighted by atomic mass is 9.95. The van der Waals surface area contributed by atoms with Gasteiger partial charge in [-0.2, -0.15) is 0 Å². The number of benzene rings is 3. The third kappa shape index (κ3) is 6.27. The van der Waals surface area contributed by atoms with Crippen LogP contribution < -0.4 is 14.2 Å². The van der Waals surface area contributed by atoms with Crippen LogP contribution in [0, 0.1) is 13.8 Å².